The molecule has 0 bridgehead atoms. The molecule has 2 rings (SSSR count). The fourth-order valence-corrected chi connectivity index (χ4v) is 2.72. The van der Waals surface area contributed by atoms with Crippen LogP contribution < -0.4 is 21.1 Å². The number of nitrogens with two attached hydrogens (primary N) is 1. The van der Waals surface area contributed by atoms with E-state index in [9.17, 15) is 19.2 Å². The first kappa shape index (κ1) is 21.2. The molecule has 1 aliphatic rings. The molecule has 1 aromatic rings. The molecule has 10 heteroatoms. The lowest BCUT2D eigenvalue weighted by Gasteiger charge is -2.22. The van der Waals surface area contributed by atoms with Crippen LogP contribution in [0.4, 0.5) is 4.79 Å². The monoisotopic (exact) mass is 392 g/mol. The molecule has 5 amide bonds. The molecule has 10 nitrogen and oxygen atoms in total. The largest absolute Gasteiger partial charge is 0.484 e. The number of rotatable bonds is 10. The Morgan fingerprint density at radius 2 is 1.93 bits per heavy atom. The fraction of sp³-hybridized carbons (Fsp3) is 0.444. The van der Waals surface area contributed by atoms with Crippen LogP contribution in [0.1, 0.15) is 18.9 Å². The van der Waals surface area contributed by atoms with Crippen molar-refractivity contribution in [1.82, 2.24) is 15.5 Å². The average Bonchev–Trinajstić information content (AvgIpc) is 2.88. The van der Waals surface area contributed by atoms with Gasteiger partial charge in [-0.15, -0.1) is 0 Å². The number of ether oxygens (including phenoxy) is 2. The highest BCUT2D eigenvalue weighted by Crippen LogP contribution is 2.29. The van der Waals surface area contributed by atoms with Crippen LogP contribution in [0, 0.1) is 0 Å². The maximum absolute atomic E-state index is 12.8. The molecule has 1 atom stereocenters. The molecule has 1 saturated heterocycles. The van der Waals surface area contributed by atoms with E-state index in [0.717, 1.165) is 4.90 Å². The summed E-state index contributed by atoms with van der Waals surface area (Å²) in [4.78, 5) is 48.7. The number of hydrogen-bond donors (Lipinski definition) is 3. The van der Waals surface area contributed by atoms with Gasteiger partial charge >= 0.3 is 6.03 Å². The van der Waals surface area contributed by atoms with E-state index in [-0.39, 0.29) is 13.2 Å². The lowest BCUT2D eigenvalue weighted by Crippen LogP contribution is -2.43. The van der Waals surface area contributed by atoms with E-state index in [4.69, 9.17) is 15.2 Å². The van der Waals surface area contributed by atoms with Crippen molar-refractivity contribution in [3.8, 4) is 5.75 Å². The number of carbonyl (C=O) groups excluding carboxylic acids is 4. The second-order valence-electron chi connectivity index (χ2n) is 6.42. The van der Waals surface area contributed by atoms with E-state index < -0.39 is 29.3 Å². The Hall–Kier alpha value is -3.14. The van der Waals surface area contributed by atoms with E-state index in [1.54, 1.807) is 38.3 Å². The van der Waals surface area contributed by atoms with Gasteiger partial charge in [-0.1, -0.05) is 12.1 Å². The van der Waals surface area contributed by atoms with Gasteiger partial charge in [0.25, 0.3) is 11.8 Å². The van der Waals surface area contributed by atoms with Crippen LogP contribution in [-0.2, 0) is 24.7 Å². The maximum atomic E-state index is 12.8. The molecule has 1 heterocycles. The number of nitrogens with zero attached hydrogens (tertiary/aromatic N) is 1. The minimum Gasteiger partial charge on any atom is -0.484 e. The quantitative estimate of drug-likeness (QED) is 0.361. The Labute approximate surface area is 162 Å². The number of nitrogens with one attached hydrogen (secondary N) is 2. The van der Waals surface area contributed by atoms with Gasteiger partial charge in [0.05, 0.1) is 0 Å². The zero-order valence-corrected chi connectivity index (χ0v) is 15.8. The zero-order chi connectivity index (χ0) is 20.7. The summed E-state index contributed by atoms with van der Waals surface area (Å²) in [6, 6.07) is 5.68. The third-order valence-corrected chi connectivity index (χ3v) is 4.24. The zero-order valence-electron chi connectivity index (χ0n) is 15.8. The van der Waals surface area contributed by atoms with E-state index >= 15 is 0 Å². The highest BCUT2D eigenvalue weighted by molar-refractivity contribution is 6.09. The summed E-state index contributed by atoms with van der Waals surface area (Å²) in [6.07, 6.45) is 0.629. The second kappa shape index (κ2) is 9.18. The molecule has 1 aliphatic heterocycles. The van der Waals surface area contributed by atoms with Gasteiger partial charge in [0, 0.05) is 20.3 Å². The Kier molecular flexibility index (Phi) is 6.94. The van der Waals surface area contributed by atoms with Crippen molar-refractivity contribution in [3.05, 3.63) is 29.8 Å². The number of hydrogen-bond acceptors (Lipinski definition) is 6. The third-order valence-electron chi connectivity index (χ3n) is 4.24. The Bertz CT molecular complexity index is 751. The van der Waals surface area contributed by atoms with E-state index in [0.29, 0.717) is 30.9 Å². The number of urea groups is 1. The van der Waals surface area contributed by atoms with Crippen molar-refractivity contribution < 1.29 is 28.7 Å². The molecular formula is C18H24N4O6. The first-order valence-corrected chi connectivity index (χ1v) is 8.69. The van der Waals surface area contributed by atoms with Crippen molar-refractivity contribution in [2.45, 2.75) is 18.9 Å². The van der Waals surface area contributed by atoms with Crippen molar-refractivity contribution in [1.29, 1.82) is 0 Å². The van der Waals surface area contributed by atoms with Gasteiger partial charge in [-0.2, -0.15) is 0 Å². The molecule has 0 spiro atoms. The van der Waals surface area contributed by atoms with Crippen LogP contribution in [0.2, 0.25) is 0 Å². The van der Waals surface area contributed by atoms with Gasteiger partial charge in [0.1, 0.15) is 17.8 Å². The van der Waals surface area contributed by atoms with E-state index in [2.05, 4.69) is 10.6 Å². The van der Waals surface area contributed by atoms with Crippen molar-refractivity contribution in [2.24, 2.45) is 5.73 Å². The normalized spacial score (nSPS) is 18.7. The van der Waals surface area contributed by atoms with Crippen LogP contribution in [0.25, 0.3) is 0 Å². The molecule has 0 radical (unpaired) electrons. The first-order valence-electron chi connectivity index (χ1n) is 8.69. The number of carbonyl (C=O) groups is 4. The molecule has 0 aliphatic carbocycles. The topological polar surface area (TPSA) is 140 Å². The number of imide groups is 1. The van der Waals surface area contributed by atoms with Crippen molar-refractivity contribution in [2.75, 3.05) is 33.4 Å². The number of amides is 5. The minimum atomic E-state index is -1.31. The maximum Gasteiger partial charge on any atom is 0.325 e. The average molecular weight is 392 g/mol. The molecule has 152 valence electrons. The molecule has 1 unspecified atom stereocenters. The molecule has 28 heavy (non-hydrogen) atoms. The summed E-state index contributed by atoms with van der Waals surface area (Å²) in [6.45, 7) is 1.82. The van der Waals surface area contributed by atoms with Crippen LogP contribution in [0.5, 0.6) is 5.75 Å². The molecule has 0 aromatic heterocycles. The minimum absolute atomic E-state index is 0.264. The van der Waals surface area contributed by atoms with Crippen LogP contribution in [-0.4, -0.2) is 62.1 Å². The highest BCUT2D eigenvalue weighted by atomic mass is 16.5. The molecule has 0 saturated carbocycles. The van der Waals surface area contributed by atoms with Crippen molar-refractivity contribution >= 4 is 23.8 Å². The fourth-order valence-electron chi connectivity index (χ4n) is 2.72. The lowest BCUT2D eigenvalue weighted by atomic mass is 9.92. The van der Waals surface area contributed by atoms with E-state index in [1.807, 2.05) is 0 Å². The Morgan fingerprint density at radius 3 is 2.54 bits per heavy atom. The van der Waals surface area contributed by atoms with Gasteiger partial charge < -0.3 is 25.8 Å². The van der Waals surface area contributed by atoms with Gasteiger partial charge in [-0.05, 0) is 31.0 Å². The molecular weight excluding hydrogens is 368 g/mol. The van der Waals surface area contributed by atoms with Gasteiger partial charge in [-0.3, -0.25) is 19.3 Å². The van der Waals surface area contributed by atoms with Crippen LogP contribution in [0.15, 0.2) is 24.3 Å². The molecule has 1 fully saturated rings. The van der Waals surface area contributed by atoms with Crippen molar-refractivity contribution in [3.63, 3.8) is 0 Å². The standard InChI is InChI=1S/C18H24N4O6/c1-18(12-4-6-13(7-5-12)28-11-14(19)23)16(25)22(17(26)21-18)10-15(24)20-8-3-9-27-2/h4-7H,3,8-11H2,1-2H3,(H2,19,23)(H,20,24)(H,21,26). The third kappa shape index (κ3) is 4.97. The summed E-state index contributed by atoms with van der Waals surface area (Å²) in [5, 5.41) is 5.26. The summed E-state index contributed by atoms with van der Waals surface area (Å²) >= 11 is 0. The highest BCUT2D eigenvalue weighted by Gasteiger charge is 2.49. The smallest absolute Gasteiger partial charge is 0.325 e. The first-order chi connectivity index (χ1) is 13.3. The predicted octanol–water partition coefficient (Wildman–Crippen LogP) is -0.530. The Balaban J connectivity index is 2.02. The summed E-state index contributed by atoms with van der Waals surface area (Å²) in [5.74, 6) is -1.17. The summed E-state index contributed by atoms with van der Waals surface area (Å²) < 4.78 is 10.1. The lowest BCUT2D eigenvalue weighted by molar-refractivity contribution is -0.134. The second-order valence-corrected chi connectivity index (χ2v) is 6.42. The van der Waals surface area contributed by atoms with Gasteiger partial charge in [0.15, 0.2) is 6.61 Å². The Morgan fingerprint density at radius 1 is 1.25 bits per heavy atom. The van der Waals surface area contributed by atoms with Gasteiger partial charge in [0.2, 0.25) is 5.91 Å². The van der Waals surface area contributed by atoms with E-state index in [1.165, 1.54) is 0 Å². The molecule has 1 aromatic carbocycles. The number of methoxy groups -OCH3 is 1. The van der Waals surface area contributed by atoms with Gasteiger partial charge in [-0.25, -0.2) is 4.79 Å². The van der Waals surface area contributed by atoms with Crippen LogP contribution >= 0.6 is 0 Å². The van der Waals surface area contributed by atoms with Crippen LogP contribution in [0.3, 0.4) is 0 Å². The summed E-state index contributed by atoms with van der Waals surface area (Å²) in [7, 11) is 1.56. The summed E-state index contributed by atoms with van der Waals surface area (Å²) in [5.41, 5.74) is 4.23. The number of primary amides is 1. The predicted molar refractivity (Wildman–Crippen MR) is 98.2 cm³/mol. The molecule has 4 N–H and O–H groups in total. The SMILES string of the molecule is COCCCNC(=O)CN1C(=O)NC(C)(c2ccc(OCC(N)=O)cc2)C1=O. The number of benzene rings is 1.